The van der Waals surface area contributed by atoms with Crippen molar-refractivity contribution in [3.63, 3.8) is 0 Å². The van der Waals surface area contributed by atoms with Gasteiger partial charge in [0, 0.05) is 11.3 Å². The first-order valence-corrected chi connectivity index (χ1v) is 8.22. The van der Waals surface area contributed by atoms with Crippen LogP contribution < -0.4 is 10.1 Å². The van der Waals surface area contributed by atoms with Gasteiger partial charge in [0.1, 0.15) is 5.75 Å². The van der Waals surface area contributed by atoms with Crippen LogP contribution >= 0.6 is 0 Å². The first kappa shape index (κ1) is 18.5. The van der Waals surface area contributed by atoms with Gasteiger partial charge in [0.2, 0.25) is 0 Å². The van der Waals surface area contributed by atoms with Crippen LogP contribution in [0.4, 0.5) is 5.69 Å². The van der Waals surface area contributed by atoms with Gasteiger partial charge in [-0.2, -0.15) is 0 Å². The van der Waals surface area contributed by atoms with Crippen LogP contribution in [-0.4, -0.2) is 25.6 Å². The Labute approximate surface area is 148 Å². The van der Waals surface area contributed by atoms with Gasteiger partial charge in [-0.15, -0.1) is 0 Å². The van der Waals surface area contributed by atoms with E-state index < -0.39 is 5.97 Å². The van der Waals surface area contributed by atoms with Gasteiger partial charge in [0.15, 0.2) is 0 Å². The third-order valence-electron chi connectivity index (χ3n) is 3.64. The van der Waals surface area contributed by atoms with Gasteiger partial charge in [-0.25, -0.2) is 4.79 Å². The zero-order valence-corrected chi connectivity index (χ0v) is 14.7. The number of methoxy groups -OCH3 is 1. The van der Waals surface area contributed by atoms with E-state index in [1.54, 1.807) is 36.4 Å². The normalized spacial score (nSPS) is 10.4. The fraction of sp³-hybridized carbons (Fsp3) is 0.300. The van der Waals surface area contributed by atoms with Crippen molar-refractivity contribution in [3.8, 4) is 5.75 Å². The fourth-order valence-corrected chi connectivity index (χ4v) is 2.13. The average Bonchev–Trinajstić information content (AvgIpc) is 2.62. The number of rotatable bonds is 7. The molecule has 0 radical (unpaired) electrons. The van der Waals surface area contributed by atoms with Gasteiger partial charge in [-0.1, -0.05) is 13.8 Å². The van der Waals surface area contributed by atoms with Crippen LogP contribution in [0.2, 0.25) is 0 Å². The highest BCUT2D eigenvalue weighted by atomic mass is 16.5. The van der Waals surface area contributed by atoms with Gasteiger partial charge in [-0.05, 0) is 60.9 Å². The molecule has 1 N–H and O–H groups in total. The van der Waals surface area contributed by atoms with E-state index in [2.05, 4.69) is 23.9 Å². The van der Waals surface area contributed by atoms with E-state index in [1.165, 1.54) is 7.11 Å². The third-order valence-corrected chi connectivity index (χ3v) is 3.64. The van der Waals surface area contributed by atoms with Crippen molar-refractivity contribution in [2.45, 2.75) is 20.3 Å². The molecule has 5 nitrogen and oxygen atoms in total. The van der Waals surface area contributed by atoms with Gasteiger partial charge in [-0.3, -0.25) is 4.79 Å². The predicted molar refractivity (Wildman–Crippen MR) is 97.1 cm³/mol. The summed E-state index contributed by atoms with van der Waals surface area (Å²) in [7, 11) is 1.32. The van der Waals surface area contributed by atoms with Crippen molar-refractivity contribution in [1.29, 1.82) is 0 Å². The molecule has 0 bridgehead atoms. The molecule has 0 spiro atoms. The fourth-order valence-electron chi connectivity index (χ4n) is 2.13. The van der Waals surface area contributed by atoms with Crippen molar-refractivity contribution >= 4 is 17.6 Å². The minimum atomic E-state index is -0.431. The topological polar surface area (TPSA) is 64.6 Å². The zero-order valence-electron chi connectivity index (χ0n) is 14.7. The maximum Gasteiger partial charge on any atom is 0.337 e. The van der Waals surface area contributed by atoms with E-state index in [4.69, 9.17) is 4.74 Å². The molecular formula is C20H23NO4. The molecule has 0 saturated heterocycles. The number of anilines is 1. The van der Waals surface area contributed by atoms with Gasteiger partial charge >= 0.3 is 5.97 Å². The molecule has 0 fully saturated rings. The molecule has 0 heterocycles. The summed E-state index contributed by atoms with van der Waals surface area (Å²) in [6, 6.07) is 13.6. The second-order valence-corrected chi connectivity index (χ2v) is 6.08. The Balaban J connectivity index is 1.92. The lowest BCUT2D eigenvalue weighted by Crippen LogP contribution is -2.12. The summed E-state index contributed by atoms with van der Waals surface area (Å²) >= 11 is 0. The van der Waals surface area contributed by atoms with Crippen molar-refractivity contribution in [3.05, 3.63) is 59.7 Å². The number of benzene rings is 2. The Morgan fingerprint density at radius 2 is 1.56 bits per heavy atom. The number of esters is 1. The van der Waals surface area contributed by atoms with Crippen LogP contribution in [0.1, 0.15) is 41.0 Å². The zero-order chi connectivity index (χ0) is 18.2. The van der Waals surface area contributed by atoms with E-state index in [9.17, 15) is 9.59 Å². The Morgan fingerprint density at radius 3 is 2.12 bits per heavy atom. The number of ether oxygens (including phenoxy) is 2. The number of carbonyl (C=O) groups is 2. The monoisotopic (exact) mass is 341 g/mol. The molecular weight excluding hydrogens is 318 g/mol. The van der Waals surface area contributed by atoms with E-state index in [1.807, 2.05) is 12.1 Å². The van der Waals surface area contributed by atoms with Crippen molar-refractivity contribution in [2.24, 2.45) is 5.92 Å². The SMILES string of the molecule is COC(=O)c1ccc(C(=O)Nc2ccc(OCCC(C)C)cc2)cc1. The smallest absolute Gasteiger partial charge is 0.337 e. The van der Waals surface area contributed by atoms with Crippen molar-refractivity contribution in [2.75, 3.05) is 19.0 Å². The molecule has 0 aliphatic rings. The molecule has 1 amide bonds. The van der Waals surface area contributed by atoms with Gasteiger partial charge < -0.3 is 14.8 Å². The number of amides is 1. The number of nitrogens with one attached hydrogen (secondary N) is 1. The van der Waals surface area contributed by atoms with Crippen LogP contribution in [0.5, 0.6) is 5.75 Å². The quantitative estimate of drug-likeness (QED) is 0.768. The Kier molecular flexibility index (Phi) is 6.57. The summed E-state index contributed by atoms with van der Waals surface area (Å²) < 4.78 is 10.3. The van der Waals surface area contributed by atoms with Crippen LogP contribution in [0, 0.1) is 5.92 Å². The third kappa shape index (κ3) is 5.64. The number of hydrogen-bond acceptors (Lipinski definition) is 4. The van der Waals surface area contributed by atoms with Gasteiger partial charge in [0.05, 0.1) is 19.3 Å². The Bertz CT molecular complexity index is 705. The summed E-state index contributed by atoms with van der Waals surface area (Å²) in [5.74, 6) is 0.704. The van der Waals surface area contributed by atoms with Crippen LogP contribution in [0.15, 0.2) is 48.5 Å². The van der Waals surface area contributed by atoms with E-state index >= 15 is 0 Å². The summed E-state index contributed by atoms with van der Waals surface area (Å²) in [5, 5.41) is 2.81. The van der Waals surface area contributed by atoms with E-state index in [0.717, 1.165) is 12.2 Å². The van der Waals surface area contributed by atoms with Crippen LogP contribution in [-0.2, 0) is 4.74 Å². The molecule has 0 unspecified atom stereocenters. The Hall–Kier alpha value is -2.82. The molecule has 2 aromatic carbocycles. The molecule has 25 heavy (non-hydrogen) atoms. The lowest BCUT2D eigenvalue weighted by atomic mass is 10.1. The molecule has 0 aliphatic carbocycles. The highest BCUT2D eigenvalue weighted by molar-refractivity contribution is 6.04. The summed E-state index contributed by atoms with van der Waals surface area (Å²) in [4.78, 5) is 23.6. The average molecular weight is 341 g/mol. The predicted octanol–water partition coefficient (Wildman–Crippen LogP) is 4.15. The molecule has 132 valence electrons. The molecule has 0 aliphatic heterocycles. The standard InChI is InChI=1S/C20H23NO4/c1-14(2)12-13-25-18-10-8-17(9-11-18)21-19(22)15-4-6-16(7-5-15)20(23)24-3/h4-11,14H,12-13H2,1-3H3,(H,21,22). The number of hydrogen-bond donors (Lipinski definition) is 1. The molecule has 2 rings (SSSR count). The maximum atomic E-state index is 12.2. The second-order valence-electron chi connectivity index (χ2n) is 6.08. The molecule has 0 saturated carbocycles. The summed E-state index contributed by atoms with van der Waals surface area (Å²) in [6.07, 6.45) is 1.00. The van der Waals surface area contributed by atoms with E-state index in [0.29, 0.717) is 29.3 Å². The second kappa shape index (κ2) is 8.87. The Morgan fingerprint density at radius 1 is 0.960 bits per heavy atom. The lowest BCUT2D eigenvalue weighted by molar-refractivity contribution is 0.0600. The van der Waals surface area contributed by atoms with Gasteiger partial charge in [0.25, 0.3) is 5.91 Å². The summed E-state index contributed by atoms with van der Waals surface area (Å²) in [5.41, 5.74) is 1.55. The highest BCUT2D eigenvalue weighted by Crippen LogP contribution is 2.17. The molecule has 5 heteroatoms. The molecule has 2 aromatic rings. The minimum absolute atomic E-state index is 0.245. The van der Waals surface area contributed by atoms with Crippen molar-refractivity contribution < 1.29 is 19.1 Å². The first-order valence-electron chi connectivity index (χ1n) is 8.22. The molecule has 0 atom stereocenters. The lowest BCUT2D eigenvalue weighted by Gasteiger charge is -2.09. The maximum absolute atomic E-state index is 12.2. The highest BCUT2D eigenvalue weighted by Gasteiger charge is 2.09. The number of carbonyl (C=O) groups excluding carboxylic acids is 2. The summed E-state index contributed by atoms with van der Waals surface area (Å²) in [6.45, 7) is 4.98. The molecule has 0 aromatic heterocycles. The van der Waals surface area contributed by atoms with Crippen LogP contribution in [0.25, 0.3) is 0 Å². The largest absolute Gasteiger partial charge is 0.494 e. The van der Waals surface area contributed by atoms with E-state index in [-0.39, 0.29) is 5.91 Å². The first-order chi connectivity index (χ1) is 12.0. The van der Waals surface area contributed by atoms with Crippen molar-refractivity contribution in [1.82, 2.24) is 0 Å². The van der Waals surface area contributed by atoms with Crippen LogP contribution in [0.3, 0.4) is 0 Å². The minimum Gasteiger partial charge on any atom is -0.494 e.